The van der Waals surface area contributed by atoms with E-state index in [2.05, 4.69) is 4.74 Å². The molecule has 0 radical (unpaired) electrons. The van der Waals surface area contributed by atoms with Crippen molar-refractivity contribution < 1.29 is 58.4 Å². The molecule has 0 fully saturated rings. The average molecular weight is 580 g/mol. The van der Waals surface area contributed by atoms with E-state index in [0.29, 0.717) is 6.42 Å². The molecule has 3 aliphatic carbocycles. The second kappa shape index (κ2) is 10.1. The number of benzene rings is 2. The molecule has 2 aromatic rings. The molecule has 1 atom stereocenters. The van der Waals surface area contributed by atoms with Gasteiger partial charge in [-0.05, 0) is 35.1 Å². The Morgan fingerprint density at radius 2 is 1.36 bits per heavy atom. The second-order valence-corrected chi connectivity index (χ2v) is 10.9. The molecule has 2 bridgehead atoms. The van der Waals surface area contributed by atoms with Crippen molar-refractivity contribution >= 4 is 22.1 Å². The van der Waals surface area contributed by atoms with Crippen molar-refractivity contribution in [1.29, 1.82) is 0 Å². The maximum Gasteiger partial charge on any atom is 0.438 e. The van der Waals surface area contributed by atoms with Gasteiger partial charge in [0.2, 0.25) is 0 Å². The van der Waals surface area contributed by atoms with E-state index in [4.69, 9.17) is 9.29 Å². The quantitative estimate of drug-likeness (QED) is 0.205. The predicted molar refractivity (Wildman–Crippen MR) is 122 cm³/mol. The summed E-state index contributed by atoms with van der Waals surface area (Å²) in [6, 6.07) is 15.3. The first-order valence-electron chi connectivity index (χ1n) is 11.7. The van der Waals surface area contributed by atoms with E-state index >= 15 is 0 Å². The number of carbonyl (C=O) groups excluding carboxylic acids is 2. The summed E-state index contributed by atoms with van der Waals surface area (Å²) in [6.07, 6.45) is -13.9. The van der Waals surface area contributed by atoms with Crippen molar-refractivity contribution in [2.45, 2.75) is 49.1 Å². The highest BCUT2D eigenvalue weighted by Crippen LogP contribution is 2.55. The number of hydrogen-bond acceptors (Lipinski definition) is 6. The van der Waals surface area contributed by atoms with E-state index in [1.165, 1.54) is 0 Å². The van der Waals surface area contributed by atoms with Crippen LogP contribution in [-0.2, 0) is 29.2 Å². The normalized spacial score (nSPS) is 20.6. The summed E-state index contributed by atoms with van der Waals surface area (Å²) >= 11 is 0. The fraction of sp³-hybridized carbons (Fsp3) is 0.440. The van der Waals surface area contributed by atoms with E-state index in [1.807, 2.05) is 48.5 Å². The van der Waals surface area contributed by atoms with Gasteiger partial charge in [-0.15, -0.1) is 0 Å². The topological polar surface area (TPSA) is 107 Å². The Labute approximate surface area is 218 Å². The smallest absolute Gasteiger partial charge is 0.438 e. The Hall–Kier alpha value is -3.13. The molecule has 212 valence electrons. The number of alkyl halides is 6. The molecular formula is C25H22F6O7S. The molecule has 2 aromatic carbocycles. The van der Waals surface area contributed by atoms with Gasteiger partial charge in [-0.2, -0.15) is 34.8 Å². The lowest BCUT2D eigenvalue weighted by Crippen LogP contribution is -2.63. The summed E-state index contributed by atoms with van der Waals surface area (Å²) in [5.74, 6) is -6.58. The first-order valence-corrected chi connectivity index (χ1v) is 13.3. The Morgan fingerprint density at radius 1 is 0.872 bits per heavy atom. The predicted octanol–water partition coefficient (Wildman–Crippen LogP) is 4.90. The highest BCUT2D eigenvalue weighted by molar-refractivity contribution is 7.85. The molecule has 0 saturated carbocycles. The van der Waals surface area contributed by atoms with Gasteiger partial charge in [-0.25, -0.2) is 0 Å². The van der Waals surface area contributed by atoms with Gasteiger partial charge in [0.25, 0.3) is 10.1 Å². The summed E-state index contributed by atoms with van der Waals surface area (Å²) < 4.78 is 119. The van der Waals surface area contributed by atoms with Gasteiger partial charge in [0.1, 0.15) is 5.75 Å². The summed E-state index contributed by atoms with van der Waals surface area (Å²) in [7, 11) is -5.88. The first-order chi connectivity index (χ1) is 18.1. The maximum atomic E-state index is 13.3. The fourth-order valence-electron chi connectivity index (χ4n) is 5.34. The van der Waals surface area contributed by atoms with Crippen molar-refractivity contribution in [3.8, 4) is 0 Å². The van der Waals surface area contributed by atoms with Gasteiger partial charge in [-0.1, -0.05) is 48.5 Å². The van der Waals surface area contributed by atoms with Crippen molar-refractivity contribution in [2.75, 3.05) is 12.4 Å². The molecule has 3 aliphatic rings. The minimum atomic E-state index is -6.41. The minimum Gasteiger partial charge on any atom is -0.465 e. The highest BCUT2D eigenvalue weighted by atomic mass is 32.2. The average Bonchev–Trinajstić information content (AvgIpc) is 2.84. The van der Waals surface area contributed by atoms with Gasteiger partial charge < -0.3 is 9.47 Å². The lowest BCUT2D eigenvalue weighted by atomic mass is 9.59. The SMILES string of the molecule is O=C(CCCOC(=O)C1CC2c3ccccc3C1c1ccccc12)OC(CS(=O)(=O)O)(C(F)(F)F)C(F)(F)F. The van der Waals surface area contributed by atoms with E-state index in [9.17, 15) is 44.3 Å². The third-order valence-electron chi connectivity index (χ3n) is 6.97. The standard InChI is InChI=1S/C25H22F6O7S/c26-24(27,28)23(25(29,30)31,13-39(34,35)36)38-20(32)10-5-11-37-22(33)19-12-18-14-6-1-3-8-16(14)21(19)17-9-4-2-7-15(17)18/h1-4,6-9,18-19,21H,5,10-13H2,(H,34,35,36). The molecule has 0 spiro atoms. The largest absolute Gasteiger partial charge is 0.465 e. The molecule has 14 heteroatoms. The number of hydrogen-bond donors (Lipinski definition) is 1. The van der Waals surface area contributed by atoms with E-state index in [1.54, 1.807) is 0 Å². The van der Waals surface area contributed by atoms with E-state index < -0.39 is 71.1 Å². The Balaban J connectivity index is 1.40. The van der Waals surface area contributed by atoms with Gasteiger partial charge in [-0.3, -0.25) is 14.1 Å². The highest BCUT2D eigenvalue weighted by Gasteiger charge is 2.75. The van der Waals surface area contributed by atoms with Crippen LogP contribution in [0.4, 0.5) is 26.3 Å². The molecule has 5 rings (SSSR count). The lowest BCUT2D eigenvalue weighted by Gasteiger charge is -2.44. The molecule has 0 heterocycles. The van der Waals surface area contributed by atoms with Crippen molar-refractivity contribution in [2.24, 2.45) is 5.92 Å². The molecule has 0 aromatic heterocycles. The van der Waals surface area contributed by atoms with E-state index in [0.717, 1.165) is 22.3 Å². The van der Waals surface area contributed by atoms with Crippen LogP contribution in [0.25, 0.3) is 0 Å². The van der Waals surface area contributed by atoms with Crippen LogP contribution >= 0.6 is 0 Å². The van der Waals surface area contributed by atoms with Crippen LogP contribution in [0, 0.1) is 5.92 Å². The molecule has 39 heavy (non-hydrogen) atoms. The number of esters is 2. The number of halogens is 6. The number of carbonyl (C=O) groups is 2. The number of fused-ring (bicyclic) bond motifs is 1. The molecule has 0 aliphatic heterocycles. The van der Waals surface area contributed by atoms with Crippen LogP contribution in [0.1, 0.15) is 53.4 Å². The van der Waals surface area contributed by atoms with Crippen LogP contribution in [0.2, 0.25) is 0 Å². The zero-order valence-electron chi connectivity index (χ0n) is 20.0. The van der Waals surface area contributed by atoms with Gasteiger partial charge in [0.05, 0.1) is 12.5 Å². The zero-order valence-corrected chi connectivity index (χ0v) is 20.8. The third kappa shape index (κ3) is 5.49. The molecule has 1 unspecified atom stereocenters. The van der Waals surface area contributed by atoms with Crippen LogP contribution in [0.3, 0.4) is 0 Å². The van der Waals surface area contributed by atoms with Crippen molar-refractivity contribution in [3.05, 3.63) is 70.8 Å². The van der Waals surface area contributed by atoms with E-state index in [-0.39, 0.29) is 11.8 Å². The monoisotopic (exact) mass is 580 g/mol. The fourth-order valence-corrected chi connectivity index (χ4v) is 6.24. The molecule has 0 saturated heterocycles. The Morgan fingerprint density at radius 3 is 1.82 bits per heavy atom. The zero-order chi connectivity index (χ0) is 28.8. The Bertz CT molecular complexity index is 1310. The van der Waals surface area contributed by atoms with Crippen LogP contribution in [0.5, 0.6) is 0 Å². The number of ether oxygens (including phenoxy) is 2. The molecule has 7 nitrogen and oxygen atoms in total. The summed E-state index contributed by atoms with van der Waals surface area (Å²) in [4.78, 5) is 24.9. The first kappa shape index (κ1) is 28.9. The van der Waals surface area contributed by atoms with Gasteiger partial charge >= 0.3 is 29.9 Å². The molecule has 1 N–H and O–H groups in total. The number of rotatable bonds is 8. The van der Waals surface area contributed by atoms with Gasteiger partial charge in [0.15, 0.2) is 0 Å². The van der Waals surface area contributed by atoms with Crippen LogP contribution in [0.15, 0.2) is 48.5 Å². The van der Waals surface area contributed by atoms with Crippen LogP contribution in [-0.4, -0.2) is 55.2 Å². The summed E-state index contributed by atoms with van der Waals surface area (Å²) in [5, 5.41) is 0. The summed E-state index contributed by atoms with van der Waals surface area (Å²) in [6.45, 7) is -0.506. The lowest BCUT2D eigenvalue weighted by molar-refractivity contribution is -0.361. The maximum absolute atomic E-state index is 13.3. The van der Waals surface area contributed by atoms with Gasteiger partial charge in [0, 0.05) is 18.3 Å². The third-order valence-corrected chi connectivity index (χ3v) is 7.74. The minimum absolute atomic E-state index is 0.0596. The van der Waals surface area contributed by atoms with Crippen molar-refractivity contribution in [1.82, 2.24) is 0 Å². The van der Waals surface area contributed by atoms with Crippen LogP contribution < -0.4 is 0 Å². The van der Waals surface area contributed by atoms with Crippen molar-refractivity contribution in [3.63, 3.8) is 0 Å². The molecule has 0 amide bonds. The second-order valence-electron chi connectivity index (χ2n) is 9.42. The molecular weight excluding hydrogens is 558 g/mol. The Kier molecular flexibility index (Phi) is 7.49. The summed E-state index contributed by atoms with van der Waals surface area (Å²) in [5.41, 5.74) is -1.35.